The lowest BCUT2D eigenvalue weighted by atomic mass is 9.97. The van der Waals surface area contributed by atoms with Gasteiger partial charge in [0, 0.05) is 32.6 Å². The maximum Gasteiger partial charge on any atom is 0.277 e. The number of rotatable bonds is 7. The van der Waals surface area contributed by atoms with E-state index in [-0.39, 0.29) is 5.91 Å². The molecular formula is C27H26IN5O3. The summed E-state index contributed by atoms with van der Waals surface area (Å²) in [5.41, 5.74) is 2.88. The zero-order valence-electron chi connectivity index (χ0n) is 20.0. The summed E-state index contributed by atoms with van der Waals surface area (Å²) in [6, 6.07) is 13.2. The Kier molecular flexibility index (Phi) is 7.34. The second-order valence-electron chi connectivity index (χ2n) is 8.95. The number of hydrogen-bond donors (Lipinski definition) is 1. The number of aromatic nitrogens is 2. The fourth-order valence-electron chi connectivity index (χ4n) is 4.67. The summed E-state index contributed by atoms with van der Waals surface area (Å²) in [4.78, 5) is 24.0. The Morgan fingerprint density at radius 3 is 2.92 bits per heavy atom. The predicted molar refractivity (Wildman–Crippen MR) is 144 cm³/mol. The van der Waals surface area contributed by atoms with Gasteiger partial charge in [-0.15, -0.1) is 0 Å². The molecule has 0 saturated carbocycles. The summed E-state index contributed by atoms with van der Waals surface area (Å²) in [7, 11) is 1.60. The first kappa shape index (κ1) is 24.5. The molecule has 0 aliphatic carbocycles. The number of anilines is 1. The zero-order chi connectivity index (χ0) is 25.1. The largest absolute Gasteiger partial charge is 0.493 e. The van der Waals surface area contributed by atoms with E-state index >= 15 is 0 Å². The minimum atomic E-state index is -0.210. The highest BCUT2D eigenvalue weighted by Crippen LogP contribution is 2.36. The third-order valence-electron chi connectivity index (χ3n) is 6.63. The molecule has 2 aliphatic rings. The Balaban J connectivity index is 1.32. The summed E-state index contributed by atoms with van der Waals surface area (Å²) >= 11 is 2.16. The van der Waals surface area contributed by atoms with Crippen LogP contribution >= 0.6 is 22.6 Å². The Morgan fingerprint density at radius 2 is 2.14 bits per heavy atom. The highest BCUT2D eigenvalue weighted by Gasteiger charge is 2.32. The lowest BCUT2D eigenvalue weighted by Gasteiger charge is -2.23. The summed E-state index contributed by atoms with van der Waals surface area (Å²) in [5.74, 6) is 2.05. The second kappa shape index (κ2) is 10.8. The molecule has 5 rings (SSSR count). The molecule has 1 unspecified atom stereocenters. The van der Waals surface area contributed by atoms with Crippen molar-refractivity contribution < 1.29 is 14.3 Å². The van der Waals surface area contributed by atoms with Crippen molar-refractivity contribution in [1.29, 1.82) is 5.26 Å². The minimum Gasteiger partial charge on any atom is -0.493 e. The van der Waals surface area contributed by atoms with Gasteiger partial charge in [0.25, 0.3) is 5.91 Å². The number of carbonyl (C=O) groups excluding carboxylic acids is 1. The number of nitrogens with zero attached hydrogens (tertiary/aromatic N) is 4. The van der Waals surface area contributed by atoms with Crippen LogP contribution in [0, 0.1) is 20.8 Å². The lowest BCUT2D eigenvalue weighted by molar-refractivity contribution is 0.0992. The molecule has 8 nitrogen and oxygen atoms in total. The first-order valence-electron chi connectivity index (χ1n) is 12.0. The Hall–Kier alpha value is -3.23. The van der Waals surface area contributed by atoms with Crippen molar-refractivity contribution in [3.63, 3.8) is 0 Å². The number of piperidine rings is 1. The summed E-state index contributed by atoms with van der Waals surface area (Å²) in [6.45, 7) is 3.14. The first-order chi connectivity index (χ1) is 17.6. The molecule has 1 amide bonds. The predicted octanol–water partition coefficient (Wildman–Crippen LogP) is 4.56. The molecule has 1 aromatic heterocycles. The topological polar surface area (TPSA) is 100 Å². The van der Waals surface area contributed by atoms with Gasteiger partial charge in [0.1, 0.15) is 5.69 Å². The third kappa shape index (κ3) is 5.01. The zero-order valence-corrected chi connectivity index (χ0v) is 22.1. The fraction of sp³-hybridized carbons (Fsp3) is 0.333. The molecule has 3 aromatic rings. The summed E-state index contributed by atoms with van der Waals surface area (Å²) in [5, 5.41) is 13.0. The van der Waals surface area contributed by atoms with E-state index in [1.807, 2.05) is 30.3 Å². The Labute approximate surface area is 223 Å². The quantitative estimate of drug-likeness (QED) is 0.400. The van der Waals surface area contributed by atoms with E-state index < -0.39 is 0 Å². The van der Waals surface area contributed by atoms with Crippen LogP contribution in [0.15, 0.2) is 42.6 Å². The van der Waals surface area contributed by atoms with E-state index in [9.17, 15) is 10.1 Å². The molecule has 2 aliphatic heterocycles. The normalized spacial score (nSPS) is 17.0. The SMILES string of the molecule is COc1cc(N2Cc3cnc(-c4ccc(I)cc4C#N)nc3C2=O)ccc1OCCC1CCCNC1. The van der Waals surface area contributed by atoms with Crippen molar-refractivity contribution in [3.8, 4) is 29.0 Å². The number of nitriles is 1. The van der Waals surface area contributed by atoms with Crippen LogP contribution in [0.1, 0.15) is 40.9 Å². The van der Waals surface area contributed by atoms with Gasteiger partial charge in [-0.2, -0.15) is 5.26 Å². The van der Waals surface area contributed by atoms with E-state index in [4.69, 9.17) is 9.47 Å². The van der Waals surface area contributed by atoms with Gasteiger partial charge in [-0.1, -0.05) is 0 Å². The number of halogens is 1. The lowest BCUT2D eigenvalue weighted by Crippen LogP contribution is -2.30. The molecule has 1 saturated heterocycles. The molecule has 9 heteroatoms. The van der Waals surface area contributed by atoms with E-state index in [2.05, 4.69) is 43.9 Å². The van der Waals surface area contributed by atoms with Crippen LogP contribution in [-0.4, -0.2) is 42.7 Å². The number of nitrogens with one attached hydrogen (secondary N) is 1. The van der Waals surface area contributed by atoms with E-state index in [0.717, 1.165) is 28.6 Å². The highest BCUT2D eigenvalue weighted by atomic mass is 127. The maximum atomic E-state index is 13.3. The highest BCUT2D eigenvalue weighted by molar-refractivity contribution is 14.1. The van der Waals surface area contributed by atoms with Crippen molar-refractivity contribution in [3.05, 3.63) is 63.0 Å². The van der Waals surface area contributed by atoms with Crippen molar-refractivity contribution in [1.82, 2.24) is 15.3 Å². The van der Waals surface area contributed by atoms with Crippen LogP contribution in [-0.2, 0) is 6.54 Å². The van der Waals surface area contributed by atoms with Crippen LogP contribution in [0.4, 0.5) is 5.69 Å². The van der Waals surface area contributed by atoms with Crippen LogP contribution in [0.25, 0.3) is 11.4 Å². The van der Waals surface area contributed by atoms with Crippen molar-refractivity contribution in [2.45, 2.75) is 25.8 Å². The molecule has 0 spiro atoms. The van der Waals surface area contributed by atoms with Gasteiger partial charge in [0.05, 0.1) is 31.9 Å². The van der Waals surface area contributed by atoms with Crippen LogP contribution in [0.5, 0.6) is 11.5 Å². The Morgan fingerprint density at radius 1 is 1.25 bits per heavy atom. The number of ether oxygens (including phenoxy) is 2. The molecule has 184 valence electrons. The van der Waals surface area contributed by atoms with E-state index in [1.165, 1.54) is 12.8 Å². The number of hydrogen-bond acceptors (Lipinski definition) is 7. The minimum absolute atomic E-state index is 0.210. The number of fused-ring (bicyclic) bond motifs is 1. The molecule has 36 heavy (non-hydrogen) atoms. The summed E-state index contributed by atoms with van der Waals surface area (Å²) < 4.78 is 12.6. The standard InChI is InChI=1S/C27H26IN5O3/c1-35-24-12-21(5-7-23(24)36-10-8-17-3-2-9-30-14-17)33-16-19-15-31-26(32-25(19)27(33)34)22-6-4-20(28)11-18(22)13-29/h4-7,11-12,15,17,30H,2-3,8-10,14,16H2,1H3. The van der Waals surface area contributed by atoms with Crippen LogP contribution in [0.3, 0.4) is 0 Å². The van der Waals surface area contributed by atoms with Crippen molar-refractivity contribution >= 4 is 34.2 Å². The van der Waals surface area contributed by atoms with Crippen molar-refractivity contribution in [2.24, 2.45) is 5.92 Å². The van der Waals surface area contributed by atoms with Gasteiger partial charge in [-0.3, -0.25) is 4.79 Å². The molecule has 0 radical (unpaired) electrons. The Bertz CT molecular complexity index is 1330. The smallest absolute Gasteiger partial charge is 0.277 e. The average Bonchev–Trinajstić information content (AvgIpc) is 3.25. The van der Waals surface area contributed by atoms with Crippen molar-refractivity contribution in [2.75, 3.05) is 31.7 Å². The van der Waals surface area contributed by atoms with E-state index in [0.29, 0.717) is 58.9 Å². The number of carbonyl (C=O) groups is 1. The van der Waals surface area contributed by atoms with Crippen LogP contribution < -0.4 is 19.7 Å². The molecule has 1 atom stereocenters. The third-order valence-corrected chi connectivity index (χ3v) is 7.30. The molecule has 1 N–H and O–H groups in total. The maximum absolute atomic E-state index is 13.3. The van der Waals surface area contributed by atoms with E-state index in [1.54, 1.807) is 24.3 Å². The van der Waals surface area contributed by atoms with Gasteiger partial charge in [0.15, 0.2) is 17.3 Å². The number of methoxy groups -OCH3 is 1. The molecule has 1 fully saturated rings. The number of amides is 1. The molecule has 2 aromatic carbocycles. The number of benzene rings is 2. The first-order valence-corrected chi connectivity index (χ1v) is 13.0. The molecule has 0 bridgehead atoms. The average molecular weight is 595 g/mol. The monoisotopic (exact) mass is 595 g/mol. The second-order valence-corrected chi connectivity index (χ2v) is 10.2. The van der Waals surface area contributed by atoms with Gasteiger partial charge in [0.2, 0.25) is 0 Å². The van der Waals surface area contributed by atoms with Gasteiger partial charge >= 0.3 is 0 Å². The van der Waals surface area contributed by atoms with Gasteiger partial charge in [-0.05, 0) is 91.2 Å². The van der Waals surface area contributed by atoms with Gasteiger partial charge < -0.3 is 19.7 Å². The van der Waals surface area contributed by atoms with Crippen LogP contribution in [0.2, 0.25) is 0 Å². The fourth-order valence-corrected chi connectivity index (χ4v) is 5.16. The van der Waals surface area contributed by atoms with Gasteiger partial charge in [-0.25, -0.2) is 9.97 Å². The summed E-state index contributed by atoms with van der Waals surface area (Å²) in [6.07, 6.45) is 5.11. The molecule has 3 heterocycles. The molecular weight excluding hydrogens is 569 g/mol.